The second-order valence-electron chi connectivity index (χ2n) is 0.445. The van der Waals surface area contributed by atoms with Crippen LogP contribution in [0.25, 0.3) is 0 Å². The van der Waals surface area contributed by atoms with Crippen LogP contribution in [-0.2, 0) is 9.88 Å². The van der Waals surface area contributed by atoms with Gasteiger partial charge in [-0.05, 0) is 0 Å². The molecule has 0 saturated carbocycles. The minimum atomic E-state index is -1.56. The average molecular weight is 93.0 g/mol. The first-order valence-electron chi connectivity index (χ1n) is 1.03. The maximum atomic E-state index is 9.17. The van der Waals surface area contributed by atoms with Crippen LogP contribution in [-0.4, -0.2) is 11.3 Å². The molecule has 5 heteroatoms. The fourth-order valence-electron chi connectivity index (χ4n) is 0.0412. The normalized spacial score (nSPS) is 7.50. The summed E-state index contributed by atoms with van der Waals surface area (Å²) in [6, 6.07) is 0. The summed E-state index contributed by atoms with van der Waals surface area (Å²) < 4.78 is 0. The number of carboxylic acid groups (broad SMARTS) is 1. The molecule has 36 valence electrons. The molecule has 0 atom stereocenters. The first kappa shape index (κ1) is 5.19. The summed E-state index contributed by atoms with van der Waals surface area (Å²) >= 11 is 0. The monoisotopic (exact) mass is 93.0 g/mol. The Morgan fingerprint density at radius 1 is 1.83 bits per heavy atom. The summed E-state index contributed by atoms with van der Waals surface area (Å²) in [5.41, 5.74) is 0. The Labute approximate surface area is 33.1 Å². The molecule has 0 unspecified atom stereocenters. The van der Waals surface area contributed by atoms with Gasteiger partial charge >= 0.3 is 6.16 Å². The van der Waals surface area contributed by atoms with Gasteiger partial charge in [-0.1, -0.05) is 4.99 Å². The molecule has 0 aliphatic heterocycles. The molecule has 0 aliphatic carbocycles. The molecular weight excluding hydrogens is 90.0 g/mol. The first-order chi connectivity index (χ1) is 2.77. The van der Waals surface area contributed by atoms with Crippen LogP contribution in [0.4, 0.5) is 4.79 Å². The van der Waals surface area contributed by atoms with E-state index in [0.717, 1.165) is 0 Å². The summed E-state index contributed by atoms with van der Waals surface area (Å²) in [5.74, 6) is 4.13. The lowest BCUT2D eigenvalue weighted by molar-refractivity contribution is -0.255. The van der Waals surface area contributed by atoms with Crippen LogP contribution in [0.3, 0.4) is 0 Å². The molecular formula is CH3NO4. The molecule has 0 amide bonds. The predicted octanol–water partition coefficient (Wildman–Crippen LogP) is -0.514. The van der Waals surface area contributed by atoms with E-state index in [1.807, 2.05) is 0 Å². The zero-order valence-corrected chi connectivity index (χ0v) is 2.75. The predicted molar refractivity (Wildman–Crippen MR) is 14.4 cm³/mol. The Morgan fingerprint density at radius 3 is 2.33 bits per heavy atom. The third-order valence-electron chi connectivity index (χ3n) is 0.119. The molecule has 3 N–H and O–H groups in total. The Morgan fingerprint density at radius 2 is 2.33 bits per heavy atom. The largest absolute Gasteiger partial charge is 0.539 e. The zero-order chi connectivity index (χ0) is 4.99. The fraction of sp³-hybridized carbons (Fsp3) is 0. The van der Waals surface area contributed by atoms with Crippen molar-refractivity contribution in [3.8, 4) is 0 Å². The van der Waals surface area contributed by atoms with E-state index in [2.05, 4.69) is 15.8 Å². The van der Waals surface area contributed by atoms with Crippen LogP contribution < -0.4 is 5.90 Å². The first-order valence-corrected chi connectivity index (χ1v) is 1.03. The summed E-state index contributed by atoms with van der Waals surface area (Å²) in [4.78, 5) is 15.6. The van der Waals surface area contributed by atoms with Gasteiger partial charge in [0.2, 0.25) is 0 Å². The van der Waals surface area contributed by atoms with E-state index < -0.39 is 6.16 Å². The van der Waals surface area contributed by atoms with Crippen molar-refractivity contribution >= 4 is 6.16 Å². The highest BCUT2D eigenvalue weighted by molar-refractivity contribution is 5.55. The Balaban J connectivity index is 2.83. The summed E-state index contributed by atoms with van der Waals surface area (Å²) in [5, 5.41) is 7.49. The minimum Gasteiger partial charge on any atom is -0.448 e. The molecule has 0 aromatic heterocycles. The van der Waals surface area contributed by atoms with Crippen molar-refractivity contribution in [2.75, 3.05) is 0 Å². The van der Waals surface area contributed by atoms with Crippen molar-refractivity contribution in [1.82, 2.24) is 0 Å². The van der Waals surface area contributed by atoms with Crippen LogP contribution in [0.5, 0.6) is 0 Å². The van der Waals surface area contributed by atoms with E-state index in [1.54, 1.807) is 0 Å². The molecule has 0 radical (unpaired) electrons. The molecule has 5 nitrogen and oxygen atoms in total. The van der Waals surface area contributed by atoms with Gasteiger partial charge in [0.15, 0.2) is 0 Å². The lowest BCUT2D eigenvalue weighted by Gasteiger charge is -1.84. The van der Waals surface area contributed by atoms with Crippen molar-refractivity contribution in [2.45, 2.75) is 0 Å². The SMILES string of the molecule is NOOC(=O)O. The maximum Gasteiger partial charge on any atom is 0.539 e. The average Bonchev–Trinajstić information content (AvgIpc) is 1.35. The van der Waals surface area contributed by atoms with Gasteiger partial charge in [0, 0.05) is 0 Å². The third-order valence-corrected chi connectivity index (χ3v) is 0.119. The van der Waals surface area contributed by atoms with Crippen molar-refractivity contribution < 1.29 is 19.8 Å². The lowest BCUT2D eigenvalue weighted by atomic mass is 11.4. The van der Waals surface area contributed by atoms with Crippen LogP contribution in [0.2, 0.25) is 0 Å². The standard InChI is InChI=1S/CH3NO4/c2-6-5-1(3)4/h2H2,(H,3,4). The quantitative estimate of drug-likeness (QED) is 0.337. The molecule has 0 bridgehead atoms. The number of rotatable bonds is 1. The third kappa shape index (κ3) is 3.19. The molecule has 0 rings (SSSR count). The highest BCUT2D eigenvalue weighted by Gasteiger charge is 1.89. The zero-order valence-electron chi connectivity index (χ0n) is 2.75. The molecule has 6 heavy (non-hydrogen) atoms. The molecule has 0 spiro atoms. The fourth-order valence-corrected chi connectivity index (χ4v) is 0.0412. The second kappa shape index (κ2) is 2.43. The lowest BCUT2D eigenvalue weighted by Crippen LogP contribution is -2.05. The highest BCUT2D eigenvalue weighted by atomic mass is 17.3. The molecule has 0 saturated heterocycles. The van der Waals surface area contributed by atoms with E-state index in [9.17, 15) is 4.79 Å². The van der Waals surface area contributed by atoms with E-state index in [-0.39, 0.29) is 0 Å². The minimum absolute atomic E-state index is 1.56. The van der Waals surface area contributed by atoms with Gasteiger partial charge in [-0.2, -0.15) is 5.90 Å². The Bertz CT molecular complexity index is 51.5. The van der Waals surface area contributed by atoms with E-state index in [0.29, 0.717) is 0 Å². The Hall–Kier alpha value is -0.810. The summed E-state index contributed by atoms with van der Waals surface area (Å²) in [7, 11) is 0. The Kier molecular flexibility index (Phi) is 2.10. The van der Waals surface area contributed by atoms with E-state index in [1.165, 1.54) is 0 Å². The molecule has 0 fully saturated rings. The molecule has 0 aromatic rings. The van der Waals surface area contributed by atoms with Crippen molar-refractivity contribution in [3.63, 3.8) is 0 Å². The number of nitrogens with two attached hydrogens (primary N) is 1. The van der Waals surface area contributed by atoms with Gasteiger partial charge in [-0.15, -0.1) is 0 Å². The number of carbonyl (C=O) groups is 1. The van der Waals surface area contributed by atoms with Gasteiger partial charge in [-0.25, -0.2) is 9.68 Å². The molecule has 0 heterocycles. The molecule has 0 aliphatic rings. The van der Waals surface area contributed by atoms with Crippen LogP contribution >= 0.6 is 0 Å². The number of hydrogen-bond acceptors (Lipinski definition) is 4. The smallest absolute Gasteiger partial charge is 0.448 e. The van der Waals surface area contributed by atoms with Gasteiger partial charge in [0.25, 0.3) is 0 Å². The van der Waals surface area contributed by atoms with Gasteiger partial charge in [0.05, 0.1) is 0 Å². The van der Waals surface area contributed by atoms with E-state index in [4.69, 9.17) is 5.11 Å². The van der Waals surface area contributed by atoms with Crippen molar-refractivity contribution in [1.29, 1.82) is 0 Å². The highest BCUT2D eigenvalue weighted by Crippen LogP contribution is 1.67. The second-order valence-corrected chi connectivity index (χ2v) is 0.445. The topological polar surface area (TPSA) is 81.8 Å². The summed E-state index contributed by atoms with van der Waals surface area (Å²) in [6.07, 6.45) is -1.56. The number of hydrogen-bond donors (Lipinski definition) is 2. The van der Waals surface area contributed by atoms with Crippen LogP contribution in [0, 0.1) is 0 Å². The maximum absolute atomic E-state index is 9.17. The van der Waals surface area contributed by atoms with Crippen LogP contribution in [0.1, 0.15) is 0 Å². The van der Waals surface area contributed by atoms with E-state index >= 15 is 0 Å². The van der Waals surface area contributed by atoms with Crippen molar-refractivity contribution in [3.05, 3.63) is 0 Å². The summed E-state index contributed by atoms with van der Waals surface area (Å²) in [6.45, 7) is 0. The van der Waals surface area contributed by atoms with Crippen molar-refractivity contribution in [2.24, 2.45) is 5.90 Å². The van der Waals surface area contributed by atoms with Gasteiger partial charge < -0.3 is 5.11 Å². The molecule has 0 aromatic carbocycles. The van der Waals surface area contributed by atoms with Gasteiger partial charge in [-0.3, -0.25) is 0 Å². The van der Waals surface area contributed by atoms with Gasteiger partial charge in [0.1, 0.15) is 0 Å². The van der Waals surface area contributed by atoms with Crippen LogP contribution in [0.15, 0.2) is 0 Å².